The first-order valence-corrected chi connectivity index (χ1v) is 5.67. The van der Waals surface area contributed by atoms with Gasteiger partial charge in [-0.3, -0.25) is 4.79 Å². The zero-order chi connectivity index (χ0) is 12.8. The molecule has 1 unspecified atom stereocenters. The Morgan fingerprint density at radius 1 is 1.35 bits per heavy atom. The van der Waals surface area contributed by atoms with Gasteiger partial charge in [0.15, 0.2) is 0 Å². The number of benzene rings is 1. The fourth-order valence-electron chi connectivity index (χ4n) is 1.52. The molecule has 0 bridgehead atoms. The molecular formula is C13H19NO3. The maximum atomic E-state index is 11.3. The Balaban J connectivity index is 2.58. The Labute approximate surface area is 102 Å². The Bertz CT molecular complexity index is 370. The van der Waals surface area contributed by atoms with Crippen molar-refractivity contribution in [2.45, 2.75) is 26.8 Å². The van der Waals surface area contributed by atoms with Crippen LogP contribution in [0.4, 0.5) is 0 Å². The number of ether oxygens (including phenoxy) is 2. The summed E-state index contributed by atoms with van der Waals surface area (Å²) >= 11 is 0. The van der Waals surface area contributed by atoms with Crippen molar-refractivity contribution in [3.63, 3.8) is 0 Å². The van der Waals surface area contributed by atoms with Gasteiger partial charge in [-0.25, -0.2) is 0 Å². The molecule has 1 rings (SSSR count). The lowest BCUT2D eigenvalue weighted by Crippen LogP contribution is -2.38. The normalized spacial score (nSPS) is 12.0. The van der Waals surface area contributed by atoms with Crippen molar-refractivity contribution in [1.29, 1.82) is 0 Å². The molecule has 0 saturated carbocycles. The van der Waals surface area contributed by atoms with Crippen molar-refractivity contribution >= 4 is 5.97 Å². The molecule has 1 atom stereocenters. The quantitative estimate of drug-likeness (QED) is 0.790. The highest BCUT2D eigenvalue weighted by Gasteiger charge is 2.16. The number of esters is 1. The smallest absolute Gasteiger partial charge is 0.326 e. The summed E-state index contributed by atoms with van der Waals surface area (Å²) in [5.41, 5.74) is 7.71. The van der Waals surface area contributed by atoms with Gasteiger partial charge in [0.1, 0.15) is 18.4 Å². The molecule has 0 aliphatic heterocycles. The molecule has 2 N–H and O–H groups in total. The Kier molecular flexibility index (Phi) is 4.97. The van der Waals surface area contributed by atoms with Crippen molar-refractivity contribution in [3.05, 3.63) is 29.3 Å². The number of carbonyl (C=O) groups is 1. The van der Waals surface area contributed by atoms with Gasteiger partial charge >= 0.3 is 5.97 Å². The summed E-state index contributed by atoms with van der Waals surface area (Å²) in [4.78, 5) is 11.3. The van der Waals surface area contributed by atoms with Gasteiger partial charge in [0, 0.05) is 0 Å². The predicted molar refractivity (Wildman–Crippen MR) is 66.0 cm³/mol. The van der Waals surface area contributed by atoms with Gasteiger partial charge in [0.25, 0.3) is 0 Å². The number of hydrogen-bond donors (Lipinski definition) is 1. The minimum atomic E-state index is -0.742. The standard InChI is InChI=1S/C13H19NO3/c1-4-16-13(15)11(14)8-17-12-9(2)6-5-7-10(12)3/h5-7,11H,4,8,14H2,1-3H3. The second-order valence-electron chi connectivity index (χ2n) is 3.89. The van der Waals surface area contributed by atoms with Gasteiger partial charge in [0.05, 0.1) is 6.61 Å². The summed E-state index contributed by atoms with van der Waals surface area (Å²) in [5, 5.41) is 0. The maximum Gasteiger partial charge on any atom is 0.326 e. The summed E-state index contributed by atoms with van der Waals surface area (Å²) in [7, 11) is 0. The zero-order valence-electron chi connectivity index (χ0n) is 10.5. The second-order valence-corrected chi connectivity index (χ2v) is 3.89. The minimum absolute atomic E-state index is 0.129. The fourth-order valence-corrected chi connectivity index (χ4v) is 1.52. The molecule has 94 valence electrons. The molecule has 1 aromatic carbocycles. The van der Waals surface area contributed by atoms with E-state index < -0.39 is 12.0 Å². The Morgan fingerprint density at radius 3 is 2.47 bits per heavy atom. The van der Waals surface area contributed by atoms with E-state index in [9.17, 15) is 4.79 Å². The van der Waals surface area contributed by atoms with Gasteiger partial charge in [-0.15, -0.1) is 0 Å². The second kappa shape index (κ2) is 6.25. The van der Waals surface area contributed by atoms with E-state index in [4.69, 9.17) is 15.2 Å². The van der Waals surface area contributed by atoms with E-state index >= 15 is 0 Å². The molecule has 17 heavy (non-hydrogen) atoms. The van der Waals surface area contributed by atoms with Crippen LogP contribution in [0.5, 0.6) is 5.75 Å². The first-order valence-electron chi connectivity index (χ1n) is 5.67. The van der Waals surface area contributed by atoms with Crippen LogP contribution in [0.25, 0.3) is 0 Å². The van der Waals surface area contributed by atoms with E-state index in [1.165, 1.54) is 0 Å². The molecule has 4 nitrogen and oxygen atoms in total. The third-order valence-electron chi connectivity index (χ3n) is 2.41. The zero-order valence-corrected chi connectivity index (χ0v) is 10.5. The van der Waals surface area contributed by atoms with Crippen LogP contribution in [0.1, 0.15) is 18.1 Å². The van der Waals surface area contributed by atoms with Crippen LogP contribution in [0, 0.1) is 13.8 Å². The summed E-state index contributed by atoms with van der Waals surface area (Å²) in [6, 6.07) is 5.13. The SMILES string of the molecule is CCOC(=O)C(N)COc1c(C)cccc1C. The first-order chi connectivity index (χ1) is 8.06. The van der Waals surface area contributed by atoms with Crippen molar-refractivity contribution in [2.24, 2.45) is 5.73 Å². The molecule has 0 heterocycles. The minimum Gasteiger partial charge on any atom is -0.491 e. The summed E-state index contributed by atoms with van der Waals surface area (Å²) in [6.07, 6.45) is 0. The number of aryl methyl sites for hydroxylation is 2. The van der Waals surface area contributed by atoms with Crippen LogP contribution in [-0.2, 0) is 9.53 Å². The van der Waals surface area contributed by atoms with Crippen LogP contribution in [0.2, 0.25) is 0 Å². The average Bonchev–Trinajstić information content (AvgIpc) is 2.28. The lowest BCUT2D eigenvalue weighted by Gasteiger charge is -2.15. The largest absolute Gasteiger partial charge is 0.491 e. The van der Waals surface area contributed by atoms with Gasteiger partial charge < -0.3 is 15.2 Å². The fraction of sp³-hybridized carbons (Fsp3) is 0.462. The van der Waals surface area contributed by atoms with Crippen LogP contribution in [0.3, 0.4) is 0 Å². The average molecular weight is 237 g/mol. The molecule has 0 amide bonds. The number of nitrogens with two attached hydrogens (primary N) is 1. The molecule has 0 aliphatic rings. The van der Waals surface area contributed by atoms with E-state index in [2.05, 4.69) is 0 Å². The van der Waals surface area contributed by atoms with E-state index in [0.29, 0.717) is 6.61 Å². The number of hydrogen-bond acceptors (Lipinski definition) is 4. The Hall–Kier alpha value is -1.55. The lowest BCUT2D eigenvalue weighted by molar-refractivity contribution is -0.145. The van der Waals surface area contributed by atoms with Crippen molar-refractivity contribution in [2.75, 3.05) is 13.2 Å². The van der Waals surface area contributed by atoms with Crippen molar-refractivity contribution in [1.82, 2.24) is 0 Å². The molecule has 0 saturated heterocycles. The predicted octanol–water partition coefficient (Wildman–Crippen LogP) is 1.57. The third-order valence-corrected chi connectivity index (χ3v) is 2.41. The first kappa shape index (κ1) is 13.5. The van der Waals surface area contributed by atoms with Gasteiger partial charge in [0.2, 0.25) is 0 Å². The van der Waals surface area contributed by atoms with Gasteiger partial charge in [-0.2, -0.15) is 0 Å². The lowest BCUT2D eigenvalue weighted by atomic mass is 10.1. The highest BCUT2D eigenvalue weighted by molar-refractivity contribution is 5.75. The van der Waals surface area contributed by atoms with Crippen LogP contribution in [0.15, 0.2) is 18.2 Å². The molecule has 4 heteroatoms. The number of para-hydroxylation sites is 1. The van der Waals surface area contributed by atoms with Crippen molar-refractivity contribution < 1.29 is 14.3 Å². The summed E-state index contributed by atoms with van der Waals surface area (Å²) < 4.78 is 10.4. The molecule has 0 fully saturated rings. The van der Waals surface area contributed by atoms with Crippen LogP contribution >= 0.6 is 0 Å². The monoisotopic (exact) mass is 237 g/mol. The maximum absolute atomic E-state index is 11.3. The summed E-state index contributed by atoms with van der Waals surface area (Å²) in [5.74, 6) is 0.353. The molecule has 0 radical (unpaired) electrons. The van der Waals surface area contributed by atoms with Gasteiger partial charge in [-0.1, -0.05) is 18.2 Å². The molecule has 0 aliphatic carbocycles. The van der Waals surface area contributed by atoms with E-state index in [1.54, 1.807) is 6.92 Å². The number of rotatable bonds is 5. The van der Waals surface area contributed by atoms with Gasteiger partial charge in [-0.05, 0) is 31.9 Å². The molecule has 0 spiro atoms. The van der Waals surface area contributed by atoms with E-state index in [-0.39, 0.29) is 6.61 Å². The van der Waals surface area contributed by atoms with Crippen molar-refractivity contribution in [3.8, 4) is 5.75 Å². The number of carbonyl (C=O) groups excluding carboxylic acids is 1. The van der Waals surface area contributed by atoms with Crippen LogP contribution < -0.4 is 10.5 Å². The molecule has 0 aromatic heterocycles. The van der Waals surface area contributed by atoms with E-state index in [0.717, 1.165) is 16.9 Å². The third kappa shape index (κ3) is 3.75. The van der Waals surface area contributed by atoms with E-state index in [1.807, 2.05) is 32.0 Å². The highest BCUT2D eigenvalue weighted by Crippen LogP contribution is 2.22. The Morgan fingerprint density at radius 2 is 1.94 bits per heavy atom. The topological polar surface area (TPSA) is 61.5 Å². The molecule has 1 aromatic rings. The molecular weight excluding hydrogens is 218 g/mol. The highest BCUT2D eigenvalue weighted by atomic mass is 16.5. The summed E-state index contributed by atoms with van der Waals surface area (Å²) in [6.45, 7) is 6.12. The van der Waals surface area contributed by atoms with Crippen LogP contribution in [-0.4, -0.2) is 25.2 Å².